The van der Waals surface area contributed by atoms with Crippen molar-refractivity contribution in [3.8, 4) is 0 Å². The van der Waals surface area contributed by atoms with Gasteiger partial charge in [-0.05, 0) is 40.1 Å². The van der Waals surface area contributed by atoms with Crippen molar-refractivity contribution >= 4 is 29.9 Å². The van der Waals surface area contributed by atoms with Crippen LogP contribution in [0.2, 0.25) is 18.1 Å². The number of nitrogens with one attached hydrogen (secondary N) is 1. The third kappa shape index (κ3) is 3.59. The van der Waals surface area contributed by atoms with Crippen molar-refractivity contribution in [2.75, 3.05) is 12.4 Å². The van der Waals surface area contributed by atoms with E-state index >= 15 is 0 Å². The first-order valence-corrected chi connectivity index (χ1v) is 9.98. The Bertz CT molecular complexity index is 413. The minimum Gasteiger partial charge on any atom is -0.412 e. The molecule has 0 spiro atoms. The molecule has 18 heavy (non-hydrogen) atoms. The van der Waals surface area contributed by atoms with Crippen molar-refractivity contribution in [2.45, 2.75) is 45.5 Å². The van der Waals surface area contributed by atoms with Gasteiger partial charge in [0.1, 0.15) is 0 Å². The van der Waals surface area contributed by atoms with E-state index in [2.05, 4.69) is 67.2 Å². The maximum atomic E-state index is 6.26. The topological polar surface area (TPSA) is 21.3 Å². The van der Waals surface area contributed by atoms with E-state index in [9.17, 15) is 0 Å². The monoisotopic (exact) mass is 329 g/mol. The second-order valence-electron chi connectivity index (χ2n) is 6.07. The fraction of sp³-hybridized carbons (Fsp3) is 0.571. The number of anilines is 1. The van der Waals surface area contributed by atoms with E-state index in [4.69, 9.17) is 4.43 Å². The van der Waals surface area contributed by atoms with Gasteiger partial charge in [0.15, 0.2) is 8.32 Å². The van der Waals surface area contributed by atoms with Gasteiger partial charge in [-0.25, -0.2) is 0 Å². The summed E-state index contributed by atoms with van der Waals surface area (Å²) < 4.78 is 7.34. The van der Waals surface area contributed by atoms with Gasteiger partial charge < -0.3 is 9.74 Å². The molecule has 0 saturated carbocycles. The van der Waals surface area contributed by atoms with Crippen LogP contribution in [0.25, 0.3) is 0 Å². The molecule has 0 heterocycles. The van der Waals surface area contributed by atoms with Crippen molar-refractivity contribution in [2.24, 2.45) is 0 Å². The molecule has 0 aliphatic rings. The van der Waals surface area contributed by atoms with Crippen LogP contribution in [0.5, 0.6) is 0 Å². The van der Waals surface area contributed by atoms with Gasteiger partial charge in [0.25, 0.3) is 0 Å². The molecule has 102 valence electrons. The van der Waals surface area contributed by atoms with Crippen LogP contribution >= 0.6 is 15.9 Å². The molecule has 2 nitrogen and oxygen atoms in total. The summed E-state index contributed by atoms with van der Waals surface area (Å²) in [5.74, 6) is 0. The lowest BCUT2D eigenvalue weighted by atomic mass is 10.2. The van der Waals surface area contributed by atoms with Crippen LogP contribution in [0.1, 0.15) is 26.3 Å². The molecule has 0 atom stereocenters. The average Bonchev–Trinajstić information content (AvgIpc) is 2.25. The molecule has 1 rings (SSSR count). The standard InChI is InChI=1S/C14H24BrNOSi/c1-14(2,3)18(5,6)17-10-11-8-7-9-12(15)13(11)16-4/h7-9,16H,10H2,1-6H3. The van der Waals surface area contributed by atoms with E-state index in [0.717, 1.165) is 10.2 Å². The summed E-state index contributed by atoms with van der Waals surface area (Å²) in [6.45, 7) is 12.0. The maximum absolute atomic E-state index is 6.26. The Hall–Kier alpha value is -0.323. The van der Waals surface area contributed by atoms with Gasteiger partial charge in [-0.3, -0.25) is 0 Å². The Balaban J connectivity index is 2.85. The summed E-state index contributed by atoms with van der Waals surface area (Å²) in [5.41, 5.74) is 2.33. The molecule has 1 aromatic rings. The molecule has 0 amide bonds. The van der Waals surface area contributed by atoms with Crippen molar-refractivity contribution in [3.05, 3.63) is 28.2 Å². The van der Waals surface area contributed by atoms with E-state index in [1.54, 1.807) is 0 Å². The lowest BCUT2D eigenvalue weighted by Crippen LogP contribution is -2.40. The highest BCUT2D eigenvalue weighted by Crippen LogP contribution is 2.37. The second-order valence-corrected chi connectivity index (χ2v) is 11.7. The number of hydrogen-bond donors (Lipinski definition) is 1. The summed E-state index contributed by atoms with van der Waals surface area (Å²) in [6, 6.07) is 6.21. The van der Waals surface area contributed by atoms with Crippen molar-refractivity contribution in [1.82, 2.24) is 0 Å². The van der Waals surface area contributed by atoms with Gasteiger partial charge in [-0.2, -0.15) is 0 Å². The molecule has 0 aliphatic heterocycles. The first-order chi connectivity index (χ1) is 8.19. The van der Waals surface area contributed by atoms with Crippen LogP contribution in [0, 0.1) is 0 Å². The van der Waals surface area contributed by atoms with Crippen molar-refractivity contribution in [3.63, 3.8) is 0 Å². The molecule has 1 N–H and O–H groups in total. The summed E-state index contributed by atoms with van der Waals surface area (Å²) in [4.78, 5) is 0. The van der Waals surface area contributed by atoms with E-state index in [-0.39, 0.29) is 5.04 Å². The SMILES string of the molecule is CNc1c(Br)cccc1CO[Si](C)(C)C(C)(C)C. The zero-order valence-electron chi connectivity index (χ0n) is 12.2. The van der Waals surface area contributed by atoms with Gasteiger partial charge >= 0.3 is 0 Å². The van der Waals surface area contributed by atoms with Gasteiger partial charge in [0.05, 0.1) is 12.3 Å². The Labute approximate surface area is 120 Å². The minimum absolute atomic E-state index is 0.249. The molecule has 0 unspecified atom stereocenters. The summed E-state index contributed by atoms with van der Waals surface area (Å²) in [7, 11) is 0.257. The summed E-state index contributed by atoms with van der Waals surface area (Å²) in [5, 5.41) is 3.48. The number of para-hydroxylation sites is 1. The highest BCUT2D eigenvalue weighted by molar-refractivity contribution is 9.10. The molecule has 0 aromatic heterocycles. The normalized spacial score (nSPS) is 12.6. The van der Waals surface area contributed by atoms with E-state index in [0.29, 0.717) is 6.61 Å². The average molecular weight is 330 g/mol. The van der Waals surface area contributed by atoms with E-state index in [1.165, 1.54) is 5.56 Å². The zero-order chi connectivity index (χ0) is 14.0. The lowest BCUT2D eigenvalue weighted by Gasteiger charge is -2.36. The minimum atomic E-state index is -1.68. The van der Waals surface area contributed by atoms with Crippen molar-refractivity contribution < 1.29 is 4.43 Å². The predicted octanol–water partition coefficient (Wildman–Crippen LogP) is 5.01. The molecule has 1 aromatic carbocycles. The molecule has 0 fully saturated rings. The van der Waals surface area contributed by atoms with Gasteiger partial charge in [-0.1, -0.05) is 32.9 Å². The fourth-order valence-corrected chi connectivity index (χ4v) is 3.00. The van der Waals surface area contributed by atoms with Crippen LogP contribution in [-0.2, 0) is 11.0 Å². The first-order valence-electron chi connectivity index (χ1n) is 6.28. The van der Waals surface area contributed by atoms with Gasteiger partial charge in [0, 0.05) is 17.1 Å². The van der Waals surface area contributed by atoms with Crippen LogP contribution in [-0.4, -0.2) is 15.4 Å². The quantitative estimate of drug-likeness (QED) is 0.783. The second kappa shape index (κ2) is 5.76. The Kier molecular flexibility index (Phi) is 5.03. The molecule has 0 bridgehead atoms. The smallest absolute Gasteiger partial charge is 0.192 e. The summed E-state index contributed by atoms with van der Waals surface area (Å²) in [6.07, 6.45) is 0. The molecule has 0 aliphatic carbocycles. The molecule has 0 saturated heterocycles. The largest absolute Gasteiger partial charge is 0.412 e. The molecule has 0 radical (unpaired) electrons. The van der Waals surface area contributed by atoms with Crippen LogP contribution < -0.4 is 5.32 Å². The van der Waals surface area contributed by atoms with Gasteiger partial charge in [-0.15, -0.1) is 0 Å². The van der Waals surface area contributed by atoms with Gasteiger partial charge in [0.2, 0.25) is 0 Å². The third-order valence-corrected chi connectivity index (χ3v) is 8.88. The molecule has 4 heteroatoms. The molecular formula is C14H24BrNOSi. The zero-order valence-corrected chi connectivity index (χ0v) is 14.8. The Morgan fingerprint density at radius 2 is 1.89 bits per heavy atom. The van der Waals surface area contributed by atoms with Crippen LogP contribution in [0.15, 0.2) is 22.7 Å². The highest BCUT2D eigenvalue weighted by Gasteiger charge is 2.37. The van der Waals surface area contributed by atoms with E-state index < -0.39 is 8.32 Å². The highest BCUT2D eigenvalue weighted by atomic mass is 79.9. The number of hydrogen-bond acceptors (Lipinski definition) is 2. The van der Waals surface area contributed by atoms with Crippen LogP contribution in [0.3, 0.4) is 0 Å². The molecular weight excluding hydrogens is 306 g/mol. The van der Waals surface area contributed by atoms with Crippen molar-refractivity contribution in [1.29, 1.82) is 0 Å². The first kappa shape index (κ1) is 15.7. The van der Waals surface area contributed by atoms with Crippen LogP contribution in [0.4, 0.5) is 5.69 Å². The lowest BCUT2D eigenvalue weighted by molar-refractivity contribution is 0.277. The number of benzene rings is 1. The maximum Gasteiger partial charge on any atom is 0.192 e. The Morgan fingerprint density at radius 1 is 1.28 bits per heavy atom. The fourth-order valence-electron chi connectivity index (χ4n) is 1.44. The summed E-state index contributed by atoms with van der Waals surface area (Å²) >= 11 is 3.56. The Morgan fingerprint density at radius 3 is 2.39 bits per heavy atom. The predicted molar refractivity (Wildman–Crippen MR) is 85.7 cm³/mol. The van der Waals surface area contributed by atoms with E-state index in [1.807, 2.05) is 13.1 Å². The number of rotatable bonds is 4. The third-order valence-electron chi connectivity index (χ3n) is 3.74. The number of halogens is 1.